The van der Waals surface area contributed by atoms with Gasteiger partial charge in [0, 0.05) is 22.7 Å². The normalized spacial score (nSPS) is 10.6. The van der Waals surface area contributed by atoms with E-state index in [2.05, 4.69) is 157 Å². The summed E-state index contributed by atoms with van der Waals surface area (Å²) >= 11 is 0. The van der Waals surface area contributed by atoms with Gasteiger partial charge in [-0.05, 0) is 74.5 Å². The predicted molar refractivity (Wildman–Crippen MR) is 145 cm³/mol. The van der Waals surface area contributed by atoms with E-state index in [4.69, 9.17) is 0 Å². The molecule has 0 fully saturated rings. The molecule has 0 aliphatic carbocycles. The van der Waals surface area contributed by atoms with Crippen LogP contribution in [0.4, 0.5) is 34.1 Å². The third kappa shape index (κ3) is 4.44. The third-order valence-electron chi connectivity index (χ3n) is 5.98. The van der Waals surface area contributed by atoms with Crippen LogP contribution in [0, 0.1) is 13.8 Å². The number of hydrogen-bond acceptors (Lipinski definition) is 2. The first-order valence-electron chi connectivity index (χ1n) is 11.6. The molecule has 0 radical (unpaired) electrons. The molecular weight excluding hydrogens is 412 g/mol. The Bertz CT molecular complexity index is 1230. The largest absolute Gasteiger partial charge is 0.308 e. The van der Waals surface area contributed by atoms with Gasteiger partial charge in [-0.25, -0.2) is 0 Å². The molecule has 0 amide bonds. The molecule has 0 N–H and O–H groups in total. The van der Waals surface area contributed by atoms with Crippen LogP contribution in [0.1, 0.15) is 11.1 Å². The first-order chi connectivity index (χ1) is 16.7. The van der Waals surface area contributed by atoms with Crippen molar-refractivity contribution in [2.75, 3.05) is 9.80 Å². The van der Waals surface area contributed by atoms with E-state index >= 15 is 0 Å². The van der Waals surface area contributed by atoms with E-state index in [0.717, 1.165) is 34.1 Å². The molecule has 34 heavy (non-hydrogen) atoms. The van der Waals surface area contributed by atoms with Crippen LogP contribution in [-0.4, -0.2) is 0 Å². The molecule has 0 spiro atoms. The number of para-hydroxylation sites is 4. The Labute approximate surface area is 202 Å². The quantitative estimate of drug-likeness (QED) is 0.259. The van der Waals surface area contributed by atoms with E-state index in [1.54, 1.807) is 0 Å². The average molecular weight is 441 g/mol. The zero-order valence-electron chi connectivity index (χ0n) is 19.6. The molecule has 0 atom stereocenters. The summed E-state index contributed by atoms with van der Waals surface area (Å²) < 4.78 is 0. The van der Waals surface area contributed by atoms with E-state index in [-0.39, 0.29) is 0 Å². The Morgan fingerprint density at radius 2 is 0.618 bits per heavy atom. The SMILES string of the molecule is Cc1ccc(N(c2ccccc2)c2ccccc2N(c2ccccc2)c2ccc(C)cc2)cc1. The standard InChI is InChI=1S/C32H28N2/c1-25-17-21-29(22-18-25)33(27-11-5-3-6-12-27)31-15-9-10-16-32(31)34(28-13-7-4-8-14-28)30-23-19-26(2)20-24-30/h3-24H,1-2H3. The number of anilines is 6. The van der Waals surface area contributed by atoms with Gasteiger partial charge in [0.1, 0.15) is 0 Å². The number of nitrogens with zero attached hydrogens (tertiary/aromatic N) is 2. The van der Waals surface area contributed by atoms with E-state index in [1.165, 1.54) is 11.1 Å². The molecule has 5 aromatic rings. The second kappa shape index (κ2) is 9.68. The number of hydrogen-bond donors (Lipinski definition) is 0. The van der Waals surface area contributed by atoms with Gasteiger partial charge in [0.25, 0.3) is 0 Å². The molecule has 0 heterocycles. The molecule has 0 aliphatic heterocycles. The zero-order valence-corrected chi connectivity index (χ0v) is 19.6. The Hall–Kier alpha value is -4.30. The molecule has 0 unspecified atom stereocenters. The topological polar surface area (TPSA) is 6.48 Å². The highest BCUT2D eigenvalue weighted by Crippen LogP contribution is 2.45. The second-order valence-electron chi connectivity index (χ2n) is 8.50. The Kier molecular flexibility index (Phi) is 6.13. The van der Waals surface area contributed by atoms with Crippen LogP contribution in [0.25, 0.3) is 0 Å². The Morgan fingerprint density at radius 1 is 0.324 bits per heavy atom. The summed E-state index contributed by atoms with van der Waals surface area (Å²) in [6.45, 7) is 4.25. The summed E-state index contributed by atoms with van der Waals surface area (Å²) in [4.78, 5) is 4.66. The minimum absolute atomic E-state index is 1.11. The van der Waals surface area contributed by atoms with E-state index in [9.17, 15) is 0 Å². The average Bonchev–Trinajstić information content (AvgIpc) is 2.89. The van der Waals surface area contributed by atoms with Crippen molar-refractivity contribution < 1.29 is 0 Å². The molecule has 166 valence electrons. The van der Waals surface area contributed by atoms with Crippen molar-refractivity contribution in [2.45, 2.75) is 13.8 Å². The van der Waals surface area contributed by atoms with Crippen LogP contribution in [0.3, 0.4) is 0 Å². The van der Waals surface area contributed by atoms with Gasteiger partial charge in [-0.3, -0.25) is 0 Å². The summed E-state index contributed by atoms with van der Waals surface area (Å²) in [5.41, 5.74) is 9.21. The lowest BCUT2D eigenvalue weighted by molar-refractivity contribution is 1.22. The molecule has 0 saturated carbocycles. The molecule has 5 rings (SSSR count). The third-order valence-corrected chi connectivity index (χ3v) is 5.98. The maximum Gasteiger partial charge on any atom is 0.0702 e. The lowest BCUT2D eigenvalue weighted by Crippen LogP contribution is -2.16. The van der Waals surface area contributed by atoms with E-state index in [0.29, 0.717) is 0 Å². The molecule has 0 aromatic heterocycles. The number of rotatable bonds is 6. The first kappa shape index (κ1) is 21.5. The molecule has 0 aliphatic rings. The molecule has 5 aromatic carbocycles. The van der Waals surface area contributed by atoms with Crippen LogP contribution in [0.2, 0.25) is 0 Å². The maximum atomic E-state index is 2.33. The molecule has 2 heteroatoms. The molecule has 0 bridgehead atoms. The van der Waals surface area contributed by atoms with Crippen LogP contribution >= 0.6 is 0 Å². The fourth-order valence-corrected chi connectivity index (χ4v) is 4.24. The van der Waals surface area contributed by atoms with Gasteiger partial charge in [-0.1, -0.05) is 83.9 Å². The summed E-state index contributed by atoms with van der Waals surface area (Å²) in [5.74, 6) is 0. The van der Waals surface area contributed by atoms with Gasteiger partial charge in [0.15, 0.2) is 0 Å². The number of benzene rings is 5. The van der Waals surface area contributed by atoms with Gasteiger partial charge in [0.2, 0.25) is 0 Å². The second-order valence-corrected chi connectivity index (χ2v) is 8.50. The van der Waals surface area contributed by atoms with Crippen molar-refractivity contribution in [3.63, 3.8) is 0 Å². The highest BCUT2D eigenvalue weighted by Gasteiger charge is 2.21. The van der Waals surface area contributed by atoms with Gasteiger partial charge >= 0.3 is 0 Å². The summed E-state index contributed by atoms with van der Waals surface area (Å²) in [6.07, 6.45) is 0. The predicted octanol–water partition coefficient (Wildman–Crippen LogP) is 9.24. The van der Waals surface area contributed by atoms with E-state index < -0.39 is 0 Å². The van der Waals surface area contributed by atoms with Crippen LogP contribution in [0.5, 0.6) is 0 Å². The van der Waals surface area contributed by atoms with Gasteiger partial charge < -0.3 is 9.80 Å². The summed E-state index contributed by atoms with van der Waals surface area (Å²) in [5, 5.41) is 0. The zero-order chi connectivity index (χ0) is 23.3. The summed E-state index contributed by atoms with van der Waals surface area (Å²) in [6, 6.07) is 47.2. The highest BCUT2D eigenvalue weighted by molar-refractivity contribution is 5.91. The van der Waals surface area contributed by atoms with Crippen molar-refractivity contribution in [3.05, 3.63) is 145 Å². The van der Waals surface area contributed by atoms with Gasteiger partial charge in [-0.15, -0.1) is 0 Å². The maximum absolute atomic E-state index is 2.33. The lowest BCUT2D eigenvalue weighted by Gasteiger charge is -2.33. The van der Waals surface area contributed by atoms with Crippen molar-refractivity contribution in [3.8, 4) is 0 Å². The van der Waals surface area contributed by atoms with Crippen LogP contribution < -0.4 is 9.80 Å². The van der Waals surface area contributed by atoms with Gasteiger partial charge in [-0.2, -0.15) is 0 Å². The Balaban J connectivity index is 1.74. The Morgan fingerprint density at radius 3 is 0.971 bits per heavy atom. The molecule has 2 nitrogen and oxygen atoms in total. The first-order valence-corrected chi connectivity index (χ1v) is 11.6. The van der Waals surface area contributed by atoms with Gasteiger partial charge in [0.05, 0.1) is 11.4 Å². The van der Waals surface area contributed by atoms with Crippen molar-refractivity contribution in [1.29, 1.82) is 0 Å². The fraction of sp³-hybridized carbons (Fsp3) is 0.0625. The van der Waals surface area contributed by atoms with Crippen LogP contribution in [0.15, 0.2) is 133 Å². The lowest BCUT2D eigenvalue weighted by atomic mass is 10.1. The molecule has 0 saturated heterocycles. The summed E-state index contributed by atoms with van der Waals surface area (Å²) in [7, 11) is 0. The number of aryl methyl sites for hydroxylation is 2. The van der Waals surface area contributed by atoms with Crippen molar-refractivity contribution >= 4 is 34.1 Å². The molecular formula is C32H28N2. The fourth-order valence-electron chi connectivity index (χ4n) is 4.24. The minimum atomic E-state index is 1.11. The monoisotopic (exact) mass is 440 g/mol. The van der Waals surface area contributed by atoms with Crippen molar-refractivity contribution in [1.82, 2.24) is 0 Å². The van der Waals surface area contributed by atoms with Crippen LogP contribution in [-0.2, 0) is 0 Å². The van der Waals surface area contributed by atoms with E-state index in [1.807, 2.05) is 0 Å². The van der Waals surface area contributed by atoms with Crippen molar-refractivity contribution in [2.24, 2.45) is 0 Å². The highest BCUT2D eigenvalue weighted by atomic mass is 15.2. The minimum Gasteiger partial charge on any atom is -0.308 e. The smallest absolute Gasteiger partial charge is 0.0702 e.